The largest absolute Gasteiger partial charge is 0.271 e. The molecule has 0 aliphatic carbocycles. The Morgan fingerprint density at radius 2 is 2.16 bits per heavy atom. The number of pyridine rings is 1. The van der Waals surface area contributed by atoms with Crippen molar-refractivity contribution in [3.63, 3.8) is 0 Å². The maximum Gasteiger partial charge on any atom is 0.142 e. The summed E-state index contributed by atoms with van der Waals surface area (Å²) in [6.45, 7) is 1.96. The molecule has 0 spiro atoms. The Hall–Kier alpha value is -1.49. The summed E-state index contributed by atoms with van der Waals surface area (Å²) < 4.78 is 13.4. The average molecular weight is 280 g/mol. The fraction of sp³-hybridized carbons (Fsp3) is 0.214. The Bertz CT molecular complexity index is 574. The number of benzene rings is 1. The standard InChI is InChI=1S/C14H15ClFN3/c1-9-4-11(8-18-7-9)14(19-17)6-10-2-3-12(15)13(16)5-10/h2-5,7-8,14,19H,6,17H2,1H3. The van der Waals surface area contributed by atoms with Crippen molar-refractivity contribution in [3.05, 3.63) is 64.2 Å². The number of nitrogens with two attached hydrogens (primary N) is 1. The molecule has 1 unspecified atom stereocenters. The van der Waals surface area contributed by atoms with Crippen LogP contribution in [0.5, 0.6) is 0 Å². The second-order valence-electron chi connectivity index (χ2n) is 4.47. The van der Waals surface area contributed by atoms with Gasteiger partial charge in [-0.1, -0.05) is 23.7 Å². The Labute approximate surface area is 116 Å². The van der Waals surface area contributed by atoms with Gasteiger partial charge in [-0.05, 0) is 42.2 Å². The highest BCUT2D eigenvalue weighted by Crippen LogP contribution is 2.21. The second-order valence-corrected chi connectivity index (χ2v) is 4.87. The van der Waals surface area contributed by atoms with Crippen molar-refractivity contribution in [2.45, 2.75) is 19.4 Å². The normalized spacial score (nSPS) is 12.4. The van der Waals surface area contributed by atoms with Gasteiger partial charge >= 0.3 is 0 Å². The van der Waals surface area contributed by atoms with Crippen molar-refractivity contribution in [1.29, 1.82) is 0 Å². The van der Waals surface area contributed by atoms with Crippen LogP contribution in [0.2, 0.25) is 5.02 Å². The molecule has 0 bridgehead atoms. The van der Waals surface area contributed by atoms with E-state index in [9.17, 15) is 4.39 Å². The van der Waals surface area contributed by atoms with Crippen LogP contribution in [-0.4, -0.2) is 4.98 Å². The van der Waals surface area contributed by atoms with Gasteiger partial charge in [0.1, 0.15) is 5.82 Å². The molecule has 100 valence electrons. The zero-order valence-electron chi connectivity index (χ0n) is 10.5. The van der Waals surface area contributed by atoms with E-state index in [4.69, 9.17) is 17.4 Å². The highest BCUT2D eigenvalue weighted by Gasteiger charge is 2.12. The summed E-state index contributed by atoms with van der Waals surface area (Å²) in [6.07, 6.45) is 4.10. The Morgan fingerprint density at radius 3 is 2.79 bits per heavy atom. The van der Waals surface area contributed by atoms with Gasteiger partial charge in [0.15, 0.2) is 0 Å². The molecule has 0 aliphatic rings. The molecule has 0 saturated heterocycles. The molecule has 5 heteroatoms. The minimum absolute atomic E-state index is 0.118. The number of hydrogen-bond donors (Lipinski definition) is 2. The summed E-state index contributed by atoms with van der Waals surface area (Å²) in [4.78, 5) is 4.14. The quantitative estimate of drug-likeness (QED) is 0.668. The average Bonchev–Trinajstić information content (AvgIpc) is 2.40. The Kier molecular flexibility index (Phi) is 4.47. The lowest BCUT2D eigenvalue weighted by Crippen LogP contribution is -2.29. The van der Waals surface area contributed by atoms with Gasteiger partial charge in [-0.3, -0.25) is 16.3 Å². The Balaban J connectivity index is 2.21. The lowest BCUT2D eigenvalue weighted by molar-refractivity contribution is 0.546. The van der Waals surface area contributed by atoms with Gasteiger partial charge in [0.25, 0.3) is 0 Å². The van der Waals surface area contributed by atoms with Crippen LogP contribution in [0.4, 0.5) is 4.39 Å². The van der Waals surface area contributed by atoms with Crippen molar-refractivity contribution in [1.82, 2.24) is 10.4 Å². The van der Waals surface area contributed by atoms with Gasteiger partial charge < -0.3 is 0 Å². The number of aromatic nitrogens is 1. The van der Waals surface area contributed by atoms with E-state index in [1.54, 1.807) is 24.5 Å². The zero-order chi connectivity index (χ0) is 13.8. The third-order valence-corrected chi connectivity index (χ3v) is 3.23. The van der Waals surface area contributed by atoms with Gasteiger partial charge in [0.05, 0.1) is 11.1 Å². The molecule has 19 heavy (non-hydrogen) atoms. The van der Waals surface area contributed by atoms with Gasteiger partial charge in [0, 0.05) is 12.4 Å². The number of rotatable bonds is 4. The number of nitrogens with one attached hydrogen (secondary N) is 1. The SMILES string of the molecule is Cc1cncc(C(Cc2ccc(Cl)c(F)c2)NN)c1. The third kappa shape index (κ3) is 3.50. The predicted octanol–water partition coefficient (Wildman–Crippen LogP) is 2.93. The molecule has 0 radical (unpaired) electrons. The Morgan fingerprint density at radius 1 is 1.37 bits per heavy atom. The van der Waals surface area contributed by atoms with Crippen LogP contribution in [0.15, 0.2) is 36.7 Å². The first kappa shape index (κ1) is 13.9. The van der Waals surface area contributed by atoms with Crippen LogP contribution in [0, 0.1) is 12.7 Å². The van der Waals surface area contributed by atoms with Crippen molar-refractivity contribution < 1.29 is 4.39 Å². The number of nitrogens with zero attached hydrogens (tertiary/aromatic N) is 1. The van der Waals surface area contributed by atoms with Crippen LogP contribution in [-0.2, 0) is 6.42 Å². The van der Waals surface area contributed by atoms with E-state index in [0.717, 1.165) is 16.7 Å². The molecule has 0 saturated carbocycles. The third-order valence-electron chi connectivity index (χ3n) is 2.92. The topological polar surface area (TPSA) is 50.9 Å². The van der Waals surface area contributed by atoms with Crippen molar-refractivity contribution in [2.75, 3.05) is 0 Å². The van der Waals surface area contributed by atoms with E-state index in [2.05, 4.69) is 10.4 Å². The first-order chi connectivity index (χ1) is 9.10. The molecule has 0 fully saturated rings. The number of hydrazine groups is 1. The van der Waals surface area contributed by atoms with Gasteiger partial charge in [-0.25, -0.2) is 4.39 Å². The molecule has 1 aromatic carbocycles. The fourth-order valence-electron chi connectivity index (χ4n) is 1.94. The number of hydrogen-bond acceptors (Lipinski definition) is 3. The number of aryl methyl sites for hydroxylation is 1. The highest BCUT2D eigenvalue weighted by atomic mass is 35.5. The lowest BCUT2D eigenvalue weighted by Gasteiger charge is -2.16. The van der Waals surface area contributed by atoms with Gasteiger partial charge in [-0.2, -0.15) is 0 Å². The number of halogens is 2. The first-order valence-corrected chi connectivity index (χ1v) is 6.29. The molecule has 1 atom stereocenters. The minimum Gasteiger partial charge on any atom is -0.271 e. The molecule has 0 amide bonds. The molecule has 1 heterocycles. The summed E-state index contributed by atoms with van der Waals surface area (Å²) in [5.41, 5.74) is 5.58. The zero-order valence-corrected chi connectivity index (χ0v) is 11.3. The van der Waals surface area contributed by atoms with Crippen LogP contribution >= 0.6 is 11.6 Å². The van der Waals surface area contributed by atoms with E-state index in [1.165, 1.54) is 6.07 Å². The highest BCUT2D eigenvalue weighted by molar-refractivity contribution is 6.30. The molecule has 2 aromatic rings. The maximum absolute atomic E-state index is 13.4. The summed E-state index contributed by atoms with van der Waals surface area (Å²) in [5, 5.41) is 0.123. The van der Waals surface area contributed by atoms with Gasteiger partial charge in [-0.15, -0.1) is 0 Å². The molecule has 2 rings (SSSR count). The fourth-order valence-corrected chi connectivity index (χ4v) is 2.06. The van der Waals surface area contributed by atoms with E-state index in [-0.39, 0.29) is 11.1 Å². The summed E-state index contributed by atoms with van der Waals surface area (Å²) in [7, 11) is 0. The van der Waals surface area contributed by atoms with E-state index in [1.807, 2.05) is 13.0 Å². The second kappa shape index (κ2) is 6.10. The van der Waals surface area contributed by atoms with Crippen LogP contribution in [0.3, 0.4) is 0 Å². The molecule has 0 aliphatic heterocycles. The predicted molar refractivity (Wildman–Crippen MR) is 74.2 cm³/mol. The summed E-state index contributed by atoms with van der Waals surface area (Å²) in [5.74, 6) is 5.15. The summed E-state index contributed by atoms with van der Waals surface area (Å²) in [6, 6.07) is 6.65. The lowest BCUT2D eigenvalue weighted by atomic mass is 10.00. The van der Waals surface area contributed by atoms with Crippen molar-refractivity contribution >= 4 is 11.6 Å². The summed E-state index contributed by atoms with van der Waals surface area (Å²) >= 11 is 5.66. The van der Waals surface area contributed by atoms with E-state index >= 15 is 0 Å². The molecular formula is C14H15ClFN3. The van der Waals surface area contributed by atoms with Crippen LogP contribution < -0.4 is 11.3 Å². The smallest absolute Gasteiger partial charge is 0.142 e. The molecule has 3 N–H and O–H groups in total. The van der Waals surface area contributed by atoms with Gasteiger partial charge in [0.2, 0.25) is 0 Å². The van der Waals surface area contributed by atoms with Crippen molar-refractivity contribution in [3.8, 4) is 0 Å². The van der Waals surface area contributed by atoms with E-state index in [0.29, 0.717) is 6.42 Å². The van der Waals surface area contributed by atoms with Crippen LogP contribution in [0.25, 0.3) is 0 Å². The maximum atomic E-state index is 13.4. The monoisotopic (exact) mass is 279 g/mol. The molecule has 1 aromatic heterocycles. The van der Waals surface area contributed by atoms with E-state index < -0.39 is 5.82 Å². The molecular weight excluding hydrogens is 265 g/mol. The van der Waals surface area contributed by atoms with Crippen molar-refractivity contribution in [2.24, 2.45) is 5.84 Å². The first-order valence-electron chi connectivity index (χ1n) is 5.91. The minimum atomic E-state index is -0.419. The van der Waals surface area contributed by atoms with Crippen LogP contribution in [0.1, 0.15) is 22.7 Å². The molecule has 3 nitrogen and oxygen atoms in total.